The van der Waals surface area contributed by atoms with Gasteiger partial charge in [0.25, 0.3) is 0 Å². The second kappa shape index (κ2) is 16.5. The summed E-state index contributed by atoms with van der Waals surface area (Å²) < 4.78 is 16.8. The fraction of sp³-hybridized carbons (Fsp3) is 0. The summed E-state index contributed by atoms with van der Waals surface area (Å²) in [5.41, 5.74) is 0. The van der Waals surface area contributed by atoms with Crippen molar-refractivity contribution in [3.8, 4) is 0 Å². The molecule has 2 nitrogen and oxygen atoms in total. The third-order valence-electron chi connectivity index (χ3n) is 0. The minimum atomic E-state index is -1.44. The Kier molecular flexibility index (Phi) is 51.9. The molecule has 0 unspecified atom stereocenters. The van der Waals surface area contributed by atoms with Gasteiger partial charge < -0.3 is 0 Å². The second-order valence-corrected chi connectivity index (χ2v) is 0.260. The zero-order valence-electron chi connectivity index (χ0n) is 1.53. The van der Waals surface area contributed by atoms with Crippen LogP contribution in [0.15, 0.2) is 0 Å². The van der Waals surface area contributed by atoms with Gasteiger partial charge in [0.2, 0.25) is 0 Å². The molecule has 0 rings (SSSR count). The molecule has 0 saturated carbocycles. The molecule has 0 aromatic carbocycles. The molecule has 0 saturated heterocycles. The summed E-state index contributed by atoms with van der Waals surface area (Å²) >= 11 is -1.44. The van der Waals surface area contributed by atoms with Crippen LogP contribution in [0.2, 0.25) is 0 Å². The standard InChI is InChI=1S/Co.Mn.2O.Sr.2H. The molecule has 0 aromatic heterocycles. The van der Waals surface area contributed by atoms with E-state index in [0.717, 1.165) is 0 Å². The molecule has 0 aliphatic heterocycles. The minimum absolute atomic E-state index is 0. The van der Waals surface area contributed by atoms with Crippen molar-refractivity contribution in [1.82, 2.24) is 0 Å². The van der Waals surface area contributed by atoms with E-state index in [1.54, 1.807) is 0 Å². The summed E-state index contributed by atoms with van der Waals surface area (Å²) in [6.45, 7) is 0. The summed E-state index contributed by atoms with van der Waals surface area (Å²) in [5, 5.41) is 0. The van der Waals surface area contributed by atoms with Crippen molar-refractivity contribution in [3.05, 3.63) is 0 Å². The van der Waals surface area contributed by atoms with Crippen LogP contribution in [0.5, 0.6) is 0 Å². The Morgan fingerprint density at radius 3 is 1.20 bits per heavy atom. The average molecular weight is 236 g/mol. The molecule has 0 N–H and O–H groups in total. The number of hydrogen-bond acceptors (Lipinski definition) is 2. The van der Waals surface area contributed by atoms with Crippen LogP contribution in [-0.4, -0.2) is 45.5 Å². The number of rotatable bonds is 0. The SMILES string of the molecule is [Co].[O]=[Mn]=[O].[SrH2]. The summed E-state index contributed by atoms with van der Waals surface area (Å²) in [5.74, 6) is 0. The van der Waals surface area contributed by atoms with E-state index in [4.69, 9.17) is 7.67 Å². The first-order valence-electron chi connectivity index (χ1n) is 0.309. The second-order valence-electron chi connectivity index (χ2n) is 0.0630. The molecule has 0 aliphatic rings. The van der Waals surface area contributed by atoms with Crippen molar-refractivity contribution in [2.75, 3.05) is 0 Å². The Morgan fingerprint density at radius 2 is 1.20 bits per heavy atom. The summed E-state index contributed by atoms with van der Waals surface area (Å²) in [6.07, 6.45) is 0. The van der Waals surface area contributed by atoms with Gasteiger partial charge >= 0.3 is 68.0 Å². The van der Waals surface area contributed by atoms with Crippen LogP contribution in [0.3, 0.4) is 0 Å². The Bertz CT molecular complexity index is 30.6. The predicted molar refractivity (Wildman–Crippen MR) is 9.92 cm³/mol. The molecule has 0 amide bonds. The van der Waals surface area contributed by atoms with E-state index < -0.39 is 14.8 Å². The molecule has 32 valence electrons. The maximum atomic E-state index is 8.41. The molecule has 0 aromatic rings. The summed E-state index contributed by atoms with van der Waals surface area (Å²) in [6, 6.07) is 0. The summed E-state index contributed by atoms with van der Waals surface area (Å²) in [7, 11) is 0. The van der Waals surface area contributed by atoms with E-state index in [2.05, 4.69) is 0 Å². The van der Waals surface area contributed by atoms with Crippen LogP contribution in [0.25, 0.3) is 0 Å². The third kappa shape index (κ3) is 23.2. The maximum absolute atomic E-state index is 8.41. The van der Waals surface area contributed by atoms with Gasteiger partial charge in [-0.1, -0.05) is 0 Å². The quantitative estimate of drug-likeness (QED) is 0.497. The molecule has 0 bridgehead atoms. The Hall–Kier alpha value is 2.11. The van der Waals surface area contributed by atoms with Crippen molar-refractivity contribution >= 4 is 45.5 Å². The first-order chi connectivity index (χ1) is 1.41. The van der Waals surface area contributed by atoms with E-state index in [9.17, 15) is 0 Å². The number of hydrogen-bond donors (Lipinski definition) is 0. The Balaban J connectivity index is -0.0000000200. The van der Waals surface area contributed by atoms with Gasteiger partial charge in [-0.3, -0.25) is 0 Å². The fourth-order valence-corrected chi connectivity index (χ4v) is 0. The first-order valence-corrected chi connectivity index (χ1v) is 1.27. The average Bonchev–Trinajstić information content (AvgIpc) is 0.918. The van der Waals surface area contributed by atoms with Crippen LogP contribution in [0.1, 0.15) is 0 Å². The molecule has 0 atom stereocenters. The molecule has 0 fully saturated rings. The van der Waals surface area contributed by atoms with Gasteiger partial charge in [-0.2, -0.15) is 0 Å². The Labute approximate surface area is 83.1 Å². The molecule has 0 heterocycles. The zero-order valence-corrected chi connectivity index (χ0v) is 3.75. The van der Waals surface area contributed by atoms with Crippen LogP contribution in [-0.2, 0) is 39.3 Å². The van der Waals surface area contributed by atoms with Gasteiger partial charge in [-0.15, -0.1) is 0 Å². The molecule has 1 radical (unpaired) electrons. The van der Waals surface area contributed by atoms with Crippen LogP contribution in [0.4, 0.5) is 0 Å². The van der Waals surface area contributed by atoms with E-state index in [1.165, 1.54) is 0 Å². The zero-order chi connectivity index (χ0) is 2.71. The molecule has 0 spiro atoms. The monoisotopic (exact) mass is 236 g/mol. The van der Waals surface area contributed by atoms with E-state index >= 15 is 0 Å². The Morgan fingerprint density at radius 1 is 1.20 bits per heavy atom. The van der Waals surface area contributed by atoms with Crippen LogP contribution < -0.4 is 0 Å². The van der Waals surface area contributed by atoms with Crippen LogP contribution >= 0.6 is 0 Å². The van der Waals surface area contributed by atoms with Crippen molar-refractivity contribution in [3.63, 3.8) is 0 Å². The van der Waals surface area contributed by atoms with Crippen molar-refractivity contribution < 1.29 is 39.3 Å². The fourth-order valence-electron chi connectivity index (χ4n) is 0. The third-order valence-corrected chi connectivity index (χ3v) is 0. The molecular formula is H2CoMnO2Sr. The van der Waals surface area contributed by atoms with Crippen molar-refractivity contribution in [2.45, 2.75) is 0 Å². The first kappa shape index (κ1) is 15.7. The van der Waals surface area contributed by atoms with Crippen molar-refractivity contribution in [2.24, 2.45) is 0 Å². The normalized spacial score (nSPS) is 2.40. The van der Waals surface area contributed by atoms with Gasteiger partial charge in [-0.05, 0) is 0 Å². The van der Waals surface area contributed by atoms with E-state index in [-0.39, 0.29) is 62.3 Å². The predicted octanol–water partition coefficient (Wildman–Crippen LogP) is -1.16. The van der Waals surface area contributed by atoms with E-state index in [0.29, 0.717) is 0 Å². The summed E-state index contributed by atoms with van der Waals surface area (Å²) in [4.78, 5) is 0. The topological polar surface area (TPSA) is 34.1 Å². The molecule has 5 heavy (non-hydrogen) atoms. The molecule has 5 heteroatoms. The van der Waals surface area contributed by atoms with Gasteiger partial charge in [0.05, 0.1) is 0 Å². The van der Waals surface area contributed by atoms with Gasteiger partial charge in [0, 0.05) is 16.8 Å². The molecular weight excluding hydrogens is 233 g/mol. The van der Waals surface area contributed by atoms with E-state index in [1.807, 2.05) is 0 Å². The van der Waals surface area contributed by atoms with Crippen molar-refractivity contribution in [1.29, 1.82) is 0 Å². The van der Waals surface area contributed by atoms with Gasteiger partial charge in [0.15, 0.2) is 0 Å². The van der Waals surface area contributed by atoms with Crippen LogP contribution in [0, 0.1) is 0 Å². The van der Waals surface area contributed by atoms with Gasteiger partial charge in [-0.25, -0.2) is 0 Å². The molecule has 0 aliphatic carbocycles. The van der Waals surface area contributed by atoms with Gasteiger partial charge in [0.1, 0.15) is 0 Å².